The van der Waals surface area contributed by atoms with Crippen LogP contribution in [0.5, 0.6) is 0 Å². The molecule has 176 valence electrons. The molecule has 6 nitrogen and oxygen atoms in total. The maximum atomic E-state index is 12.6. The number of carbonyl (C=O) groups is 1. The van der Waals surface area contributed by atoms with Crippen molar-refractivity contribution < 1.29 is 4.79 Å². The molecule has 2 heterocycles. The van der Waals surface area contributed by atoms with Crippen LogP contribution in [0.2, 0.25) is 0 Å². The summed E-state index contributed by atoms with van der Waals surface area (Å²) < 4.78 is 0. The molecule has 0 atom stereocenters. The summed E-state index contributed by atoms with van der Waals surface area (Å²) in [4.78, 5) is 22.3. The standard InChI is InChI=1S/C26H33N5O.HI/c1-19-7-5-10-23-25(19)21(17-30-23)12-15-29-26(27-2)28-14-6-11-24(32)31-16-13-20-8-3-4-9-22(20)18-31;/h3-5,7-10,17,30H,6,11-16,18H2,1-2H3,(H2,27,28,29);1H. The SMILES string of the molecule is CN=C(NCCCC(=O)N1CCc2ccccc2C1)NCCc1c[nH]c2cccc(C)c12.I. The van der Waals surface area contributed by atoms with Gasteiger partial charge in [-0.05, 0) is 54.5 Å². The van der Waals surface area contributed by atoms with Crippen molar-refractivity contribution in [2.75, 3.05) is 26.7 Å². The summed E-state index contributed by atoms with van der Waals surface area (Å²) in [5, 5.41) is 8.03. The Morgan fingerprint density at radius 2 is 1.88 bits per heavy atom. The summed E-state index contributed by atoms with van der Waals surface area (Å²) >= 11 is 0. The molecule has 0 fully saturated rings. The van der Waals surface area contributed by atoms with Crippen molar-refractivity contribution >= 4 is 46.7 Å². The van der Waals surface area contributed by atoms with E-state index in [1.54, 1.807) is 7.05 Å². The molecule has 1 aromatic heterocycles. The highest BCUT2D eigenvalue weighted by Crippen LogP contribution is 2.22. The molecule has 1 amide bonds. The monoisotopic (exact) mass is 559 g/mol. The Balaban J connectivity index is 0.00000306. The van der Waals surface area contributed by atoms with Gasteiger partial charge in [0, 0.05) is 56.7 Å². The smallest absolute Gasteiger partial charge is 0.222 e. The van der Waals surface area contributed by atoms with Crippen molar-refractivity contribution in [3.63, 3.8) is 0 Å². The Bertz CT molecular complexity index is 1110. The number of aliphatic imine (C=N–C) groups is 1. The number of fused-ring (bicyclic) bond motifs is 2. The molecular weight excluding hydrogens is 525 g/mol. The number of aryl methyl sites for hydroxylation is 1. The summed E-state index contributed by atoms with van der Waals surface area (Å²) in [5.41, 5.74) is 6.44. The zero-order valence-corrected chi connectivity index (χ0v) is 21.8. The van der Waals surface area contributed by atoms with Gasteiger partial charge in [0.05, 0.1) is 0 Å². The van der Waals surface area contributed by atoms with Crippen molar-refractivity contribution in [2.45, 2.75) is 39.2 Å². The summed E-state index contributed by atoms with van der Waals surface area (Å²) in [6, 6.07) is 14.8. The van der Waals surface area contributed by atoms with Crippen LogP contribution in [0.25, 0.3) is 10.9 Å². The molecule has 3 aromatic rings. The molecule has 33 heavy (non-hydrogen) atoms. The third-order valence-corrected chi connectivity index (χ3v) is 6.25. The van der Waals surface area contributed by atoms with Crippen LogP contribution in [0.15, 0.2) is 53.7 Å². The highest BCUT2D eigenvalue weighted by atomic mass is 127. The van der Waals surface area contributed by atoms with Crippen LogP contribution >= 0.6 is 24.0 Å². The van der Waals surface area contributed by atoms with Gasteiger partial charge in [-0.15, -0.1) is 24.0 Å². The van der Waals surface area contributed by atoms with Gasteiger partial charge in [0.1, 0.15) is 0 Å². The number of carbonyl (C=O) groups excluding carboxylic acids is 1. The van der Waals surface area contributed by atoms with Crippen molar-refractivity contribution in [3.05, 3.63) is 70.9 Å². The fraction of sp³-hybridized carbons (Fsp3) is 0.385. The number of aromatic amines is 1. The third-order valence-electron chi connectivity index (χ3n) is 6.25. The first-order valence-electron chi connectivity index (χ1n) is 11.5. The highest BCUT2D eigenvalue weighted by molar-refractivity contribution is 14.0. The number of nitrogens with one attached hydrogen (secondary N) is 3. The Morgan fingerprint density at radius 1 is 1.09 bits per heavy atom. The number of benzene rings is 2. The van der Waals surface area contributed by atoms with Crippen LogP contribution in [0.3, 0.4) is 0 Å². The fourth-order valence-corrected chi connectivity index (χ4v) is 4.50. The topological polar surface area (TPSA) is 72.5 Å². The average Bonchev–Trinajstić information content (AvgIpc) is 3.24. The number of hydrogen-bond donors (Lipinski definition) is 3. The summed E-state index contributed by atoms with van der Waals surface area (Å²) in [5.74, 6) is 1.01. The molecule has 7 heteroatoms. The van der Waals surface area contributed by atoms with Crippen LogP contribution in [0.4, 0.5) is 0 Å². The minimum atomic E-state index is 0. The fourth-order valence-electron chi connectivity index (χ4n) is 4.50. The molecule has 0 spiro atoms. The lowest BCUT2D eigenvalue weighted by Gasteiger charge is -2.29. The van der Waals surface area contributed by atoms with E-state index in [0.29, 0.717) is 6.42 Å². The van der Waals surface area contributed by atoms with E-state index in [2.05, 4.69) is 76.2 Å². The molecule has 0 aliphatic carbocycles. The molecule has 0 bridgehead atoms. The lowest BCUT2D eigenvalue weighted by molar-refractivity contribution is -0.132. The molecule has 0 saturated carbocycles. The minimum Gasteiger partial charge on any atom is -0.361 e. The van der Waals surface area contributed by atoms with Gasteiger partial charge in [0.15, 0.2) is 5.96 Å². The first-order valence-corrected chi connectivity index (χ1v) is 11.5. The molecule has 0 radical (unpaired) electrons. The second-order valence-corrected chi connectivity index (χ2v) is 8.42. The van der Waals surface area contributed by atoms with Crippen molar-refractivity contribution in [3.8, 4) is 0 Å². The quantitative estimate of drug-likeness (QED) is 0.176. The molecule has 0 saturated heterocycles. The van der Waals surface area contributed by atoms with E-state index in [-0.39, 0.29) is 29.9 Å². The second kappa shape index (κ2) is 12.1. The van der Waals surface area contributed by atoms with Gasteiger partial charge in [-0.3, -0.25) is 9.79 Å². The molecular formula is C26H34IN5O. The van der Waals surface area contributed by atoms with E-state index < -0.39 is 0 Å². The molecule has 2 aromatic carbocycles. The number of halogens is 1. The van der Waals surface area contributed by atoms with E-state index in [1.165, 1.54) is 33.2 Å². The number of amides is 1. The summed E-state index contributed by atoms with van der Waals surface area (Å²) in [6.45, 7) is 5.23. The Kier molecular flexibility index (Phi) is 9.17. The average molecular weight is 559 g/mol. The zero-order chi connectivity index (χ0) is 22.3. The highest BCUT2D eigenvalue weighted by Gasteiger charge is 2.19. The van der Waals surface area contributed by atoms with Gasteiger partial charge in [-0.1, -0.05) is 36.4 Å². The molecule has 4 rings (SSSR count). The number of H-pyrrole nitrogens is 1. The summed E-state index contributed by atoms with van der Waals surface area (Å²) in [6.07, 6.45) is 5.31. The summed E-state index contributed by atoms with van der Waals surface area (Å²) in [7, 11) is 1.78. The van der Waals surface area contributed by atoms with Gasteiger partial charge in [-0.25, -0.2) is 0 Å². The molecule has 1 aliphatic rings. The number of rotatable bonds is 7. The van der Waals surface area contributed by atoms with Crippen molar-refractivity contribution in [1.82, 2.24) is 20.5 Å². The number of nitrogens with zero attached hydrogens (tertiary/aromatic N) is 2. The Morgan fingerprint density at radius 3 is 2.70 bits per heavy atom. The van der Waals surface area contributed by atoms with Gasteiger partial charge in [0.2, 0.25) is 5.91 Å². The normalized spacial score (nSPS) is 13.4. The number of aromatic nitrogens is 1. The predicted molar refractivity (Wildman–Crippen MR) is 146 cm³/mol. The van der Waals surface area contributed by atoms with E-state index in [0.717, 1.165) is 51.4 Å². The molecule has 3 N–H and O–H groups in total. The van der Waals surface area contributed by atoms with E-state index >= 15 is 0 Å². The van der Waals surface area contributed by atoms with Crippen LogP contribution < -0.4 is 10.6 Å². The van der Waals surface area contributed by atoms with Crippen LogP contribution in [0, 0.1) is 6.92 Å². The Labute approximate surface area is 213 Å². The maximum Gasteiger partial charge on any atom is 0.222 e. The minimum absolute atomic E-state index is 0. The zero-order valence-electron chi connectivity index (χ0n) is 19.5. The lowest BCUT2D eigenvalue weighted by atomic mass is 9.99. The lowest BCUT2D eigenvalue weighted by Crippen LogP contribution is -2.39. The maximum absolute atomic E-state index is 12.6. The first kappa shape index (κ1) is 25.1. The van der Waals surface area contributed by atoms with Crippen LogP contribution in [-0.2, 0) is 24.2 Å². The number of hydrogen-bond acceptors (Lipinski definition) is 2. The van der Waals surface area contributed by atoms with Gasteiger partial charge < -0.3 is 20.5 Å². The van der Waals surface area contributed by atoms with Crippen molar-refractivity contribution in [2.24, 2.45) is 4.99 Å². The van der Waals surface area contributed by atoms with Gasteiger partial charge >= 0.3 is 0 Å². The van der Waals surface area contributed by atoms with E-state index in [1.807, 2.05) is 4.90 Å². The third kappa shape index (κ3) is 6.28. The predicted octanol–water partition coefficient (Wildman–Crippen LogP) is 4.17. The number of guanidine groups is 1. The van der Waals surface area contributed by atoms with Crippen LogP contribution in [0.1, 0.15) is 35.1 Å². The first-order chi connectivity index (χ1) is 15.7. The Hall–Kier alpha value is -2.55. The molecule has 0 unspecified atom stereocenters. The van der Waals surface area contributed by atoms with Gasteiger partial charge in [0.25, 0.3) is 0 Å². The molecule has 1 aliphatic heterocycles. The van der Waals surface area contributed by atoms with Crippen molar-refractivity contribution in [1.29, 1.82) is 0 Å². The van der Waals surface area contributed by atoms with E-state index in [4.69, 9.17) is 0 Å². The van der Waals surface area contributed by atoms with Gasteiger partial charge in [-0.2, -0.15) is 0 Å². The largest absolute Gasteiger partial charge is 0.361 e. The second-order valence-electron chi connectivity index (χ2n) is 8.42. The van der Waals surface area contributed by atoms with E-state index in [9.17, 15) is 4.79 Å². The van der Waals surface area contributed by atoms with Crippen LogP contribution in [-0.4, -0.2) is 48.4 Å².